The second-order valence-electron chi connectivity index (χ2n) is 5.79. The van der Waals surface area contributed by atoms with Crippen LogP contribution < -0.4 is 10.1 Å². The van der Waals surface area contributed by atoms with Gasteiger partial charge in [0.05, 0.1) is 6.10 Å². The van der Waals surface area contributed by atoms with E-state index in [1.165, 1.54) is 6.42 Å². The molecular weight excluding hydrogens is 212 g/mol. The van der Waals surface area contributed by atoms with Gasteiger partial charge in [0, 0.05) is 12.7 Å². The van der Waals surface area contributed by atoms with Crippen LogP contribution in [0.2, 0.25) is 0 Å². The number of ether oxygens (including phenoxy) is 1. The van der Waals surface area contributed by atoms with E-state index in [0.29, 0.717) is 5.41 Å². The van der Waals surface area contributed by atoms with Crippen LogP contribution in [0.1, 0.15) is 34.1 Å². The third-order valence-corrected chi connectivity index (χ3v) is 3.37. The summed E-state index contributed by atoms with van der Waals surface area (Å²) >= 11 is 0. The molecule has 1 aliphatic carbocycles. The lowest BCUT2D eigenvalue weighted by Gasteiger charge is -2.14. The molecule has 1 saturated carbocycles. The van der Waals surface area contributed by atoms with Crippen molar-refractivity contribution in [2.24, 2.45) is 11.3 Å². The standard InChI is InChI=1S/C14H22N2O/c1-10(2)17-12-6-5-7-15-13(12)16-9-11-8-14(11,3)4/h5-7,10-11H,8-9H2,1-4H3,(H,15,16). The number of anilines is 1. The smallest absolute Gasteiger partial charge is 0.168 e. The van der Waals surface area contributed by atoms with Crippen LogP contribution in [0.5, 0.6) is 5.75 Å². The van der Waals surface area contributed by atoms with Crippen molar-refractivity contribution in [3.8, 4) is 5.75 Å². The molecule has 17 heavy (non-hydrogen) atoms. The van der Waals surface area contributed by atoms with Crippen LogP contribution in [0.3, 0.4) is 0 Å². The summed E-state index contributed by atoms with van der Waals surface area (Å²) < 4.78 is 5.72. The third kappa shape index (κ3) is 3.11. The Morgan fingerprint density at radius 3 is 2.82 bits per heavy atom. The molecule has 0 spiro atoms. The van der Waals surface area contributed by atoms with Gasteiger partial charge in [0.1, 0.15) is 0 Å². The number of hydrogen-bond donors (Lipinski definition) is 1. The summed E-state index contributed by atoms with van der Waals surface area (Å²) in [5.41, 5.74) is 0.501. The number of nitrogens with one attached hydrogen (secondary N) is 1. The predicted molar refractivity (Wildman–Crippen MR) is 70.4 cm³/mol. The average Bonchev–Trinajstić information content (AvgIpc) is 2.84. The predicted octanol–water partition coefficient (Wildman–Crippen LogP) is 3.33. The van der Waals surface area contributed by atoms with Gasteiger partial charge < -0.3 is 10.1 Å². The maximum Gasteiger partial charge on any atom is 0.168 e. The summed E-state index contributed by atoms with van der Waals surface area (Å²) in [6.07, 6.45) is 3.28. The van der Waals surface area contributed by atoms with Crippen LogP contribution in [-0.4, -0.2) is 17.6 Å². The molecule has 1 N–H and O–H groups in total. The van der Waals surface area contributed by atoms with E-state index in [4.69, 9.17) is 4.74 Å². The van der Waals surface area contributed by atoms with Gasteiger partial charge in [-0.1, -0.05) is 13.8 Å². The molecule has 1 aliphatic rings. The Balaban J connectivity index is 1.95. The molecule has 1 heterocycles. The van der Waals surface area contributed by atoms with E-state index in [-0.39, 0.29) is 6.10 Å². The number of pyridine rings is 1. The summed E-state index contributed by atoms with van der Waals surface area (Å²) in [6, 6.07) is 3.87. The molecule has 0 bridgehead atoms. The van der Waals surface area contributed by atoms with E-state index in [1.54, 1.807) is 6.20 Å². The minimum absolute atomic E-state index is 0.178. The van der Waals surface area contributed by atoms with Crippen molar-refractivity contribution in [3.05, 3.63) is 18.3 Å². The molecule has 1 fully saturated rings. The maximum atomic E-state index is 5.72. The van der Waals surface area contributed by atoms with E-state index < -0.39 is 0 Å². The monoisotopic (exact) mass is 234 g/mol. The van der Waals surface area contributed by atoms with Crippen molar-refractivity contribution in [2.75, 3.05) is 11.9 Å². The fourth-order valence-corrected chi connectivity index (χ4v) is 2.02. The lowest BCUT2D eigenvalue weighted by atomic mass is 10.1. The quantitative estimate of drug-likeness (QED) is 0.848. The molecule has 1 unspecified atom stereocenters. The first kappa shape index (κ1) is 12.2. The molecule has 0 radical (unpaired) electrons. The zero-order chi connectivity index (χ0) is 12.5. The molecule has 3 nitrogen and oxygen atoms in total. The number of rotatable bonds is 5. The van der Waals surface area contributed by atoms with Gasteiger partial charge in [-0.15, -0.1) is 0 Å². The average molecular weight is 234 g/mol. The highest BCUT2D eigenvalue weighted by atomic mass is 16.5. The lowest BCUT2D eigenvalue weighted by molar-refractivity contribution is 0.243. The summed E-state index contributed by atoms with van der Waals surface area (Å²) in [5.74, 6) is 2.47. The molecule has 0 saturated heterocycles. The number of aromatic nitrogens is 1. The molecule has 0 aromatic carbocycles. The van der Waals surface area contributed by atoms with Gasteiger partial charge in [0.2, 0.25) is 0 Å². The largest absolute Gasteiger partial charge is 0.487 e. The first-order valence-corrected chi connectivity index (χ1v) is 6.34. The van der Waals surface area contributed by atoms with E-state index in [0.717, 1.165) is 24.0 Å². The number of nitrogens with zero attached hydrogens (tertiary/aromatic N) is 1. The second kappa shape index (κ2) is 4.55. The molecule has 94 valence electrons. The molecule has 1 aromatic rings. The van der Waals surface area contributed by atoms with Crippen molar-refractivity contribution in [2.45, 2.75) is 40.2 Å². The Labute approximate surface area is 104 Å². The van der Waals surface area contributed by atoms with Crippen molar-refractivity contribution in [3.63, 3.8) is 0 Å². The SMILES string of the molecule is CC(C)Oc1cccnc1NCC1CC1(C)C. The minimum Gasteiger partial charge on any atom is -0.487 e. The molecule has 0 aliphatic heterocycles. The van der Waals surface area contributed by atoms with Crippen molar-refractivity contribution < 1.29 is 4.74 Å². The maximum absolute atomic E-state index is 5.72. The summed E-state index contributed by atoms with van der Waals surface area (Å²) in [7, 11) is 0. The molecule has 0 amide bonds. The van der Waals surface area contributed by atoms with Gasteiger partial charge in [-0.3, -0.25) is 0 Å². The molecule has 2 rings (SSSR count). The lowest BCUT2D eigenvalue weighted by Crippen LogP contribution is -2.12. The van der Waals surface area contributed by atoms with Crippen LogP contribution in [0.4, 0.5) is 5.82 Å². The van der Waals surface area contributed by atoms with Crippen LogP contribution in [0, 0.1) is 11.3 Å². The topological polar surface area (TPSA) is 34.1 Å². The molecular formula is C14H22N2O. The Morgan fingerprint density at radius 1 is 1.53 bits per heavy atom. The van der Waals surface area contributed by atoms with E-state index in [1.807, 2.05) is 26.0 Å². The van der Waals surface area contributed by atoms with E-state index in [2.05, 4.69) is 24.1 Å². The highest BCUT2D eigenvalue weighted by Gasteiger charge is 2.45. The summed E-state index contributed by atoms with van der Waals surface area (Å²) in [6.45, 7) is 9.66. The minimum atomic E-state index is 0.178. The normalized spacial score (nSPS) is 21.4. The van der Waals surface area contributed by atoms with Crippen LogP contribution in [0.25, 0.3) is 0 Å². The molecule has 1 aromatic heterocycles. The fraction of sp³-hybridized carbons (Fsp3) is 0.643. The van der Waals surface area contributed by atoms with Crippen molar-refractivity contribution >= 4 is 5.82 Å². The molecule has 3 heteroatoms. The summed E-state index contributed by atoms with van der Waals surface area (Å²) in [4.78, 5) is 4.34. The van der Waals surface area contributed by atoms with Gasteiger partial charge >= 0.3 is 0 Å². The highest BCUT2D eigenvalue weighted by molar-refractivity contribution is 5.49. The fourth-order valence-electron chi connectivity index (χ4n) is 2.02. The van der Waals surface area contributed by atoms with Gasteiger partial charge in [-0.2, -0.15) is 0 Å². The van der Waals surface area contributed by atoms with E-state index >= 15 is 0 Å². The molecule has 1 atom stereocenters. The zero-order valence-corrected chi connectivity index (χ0v) is 11.2. The second-order valence-corrected chi connectivity index (χ2v) is 5.79. The number of hydrogen-bond acceptors (Lipinski definition) is 3. The third-order valence-electron chi connectivity index (χ3n) is 3.37. The Bertz CT molecular complexity index is 388. The van der Waals surface area contributed by atoms with Crippen LogP contribution in [0.15, 0.2) is 18.3 Å². The highest BCUT2D eigenvalue weighted by Crippen LogP contribution is 2.51. The first-order valence-electron chi connectivity index (χ1n) is 6.34. The van der Waals surface area contributed by atoms with Gasteiger partial charge in [0.15, 0.2) is 11.6 Å². The summed E-state index contributed by atoms with van der Waals surface area (Å²) in [5, 5.41) is 3.40. The van der Waals surface area contributed by atoms with E-state index in [9.17, 15) is 0 Å². The first-order chi connectivity index (χ1) is 7.99. The van der Waals surface area contributed by atoms with Crippen molar-refractivity contribution in [1.29, 1.82) is 0 Å². The Morgan fingerprint density at radius 2 is 2.24 bits per heavy atom. The van der Waals surface area contributed by atoms with Crippen LogP contribution >= 0.6 is 0 Å². The van der Waals surface area contributed by atoms with Crippen LogP contribution in [-0.2, 0) is 0 Å². The Kier molecular flexibility index (Phi) is 3.27. The van der Waals surface area contributed by atoms with Gasteiger partial charge in [0.25, 0.3) is 0 Å². The van der Waals surface area contributed by atoms with Gasteiger partial charge in [-0.25, -0.2) is 4.98 Å². The Hall–Kier alpha value is -1.25. The van der Waals surface area contributed by atoms with Gasteiger partial charge in [-0.05, 0) is 43.7 Å². The van der Waals surface area contributed by atoms with Crippen molar-refractivity contribution in [1.82, 2.24) is 4.98 Å². The zero-order valence-electron chi connectivity index (χ0n) is 11.2.